The SMILES string of the molecule is CC1(C)c2ccccc2-c2cc(N(c3ccccc3-c3ccccc3)c3ccc4ccc5c(B(c6ccccc6)c6ccccc6)ccc6c7ccccc7c3c4c56)ccc21. The molecular weight excluding hydrogens is 733 g/mol. The molecule has 0 heterocycles. The zero-order valence-electron chi connectivity index (χ0n) is 34.3. The molecule has 0 saturated heterocycles. The molecule has 0 amide bonds. The lowest BCUT2D eigenvalue weighted by Crippen LogP contribution is -2.52. The standard InChI is InChI=1S/C59H42BN/c1-59(2)51-28-16-14-26-46(51)50-38-43(32-35-52(50)59)61(54-29-17-15-24-44(54)39-18-6-3-7-19-39)55-37-31-40-30-33-49-53(60(41-20-8-4-9-21-41)42-22-10-5-11-23-42)36-34-48-45-25-12-13-27-47(45)58(55)56(40)57(48)49/h3-38H,1-2H3. The minimum absolute atomic E-state index is 0.0745. The maximum absolute atomic E-state index is 2.55. The molecule has 0 aliphatic heterocycles. The highest BCUT2D eigenvalue weighted by molar-refractivity contribution is 6.97. The molecule has 0 radical (unpaired) electrons. The summed E-state index contributed by atoms with van der Waals surface area (Å²) in [6.07, 6.45) is 0. The van der Waals surface area contributed by atoms with E-state index in [1.165, 1.54) is 98.5 Å². The number of fused-ring (bicyclic) bond motifs is 6. The van der Waals surface area contributed by atoms with E-state index >= 15 is 0 Å². The van der Waals surface area contributed by atoms with Crippen molar-refractivity contribution in [2.45, 2.75) is 19.3 Å². The fraction of sp³-hybridized carbons (Fsp3) is 0.0508. The van der Waals surface area contributed by atoms with Crippen LogP contribution < -0.4 is 21.3 Å². The van der Waals surface area contributed by atoms with E-state index in [2.05, 4.69) is 237 Å². The summed E-state index contributed by atoms with van der Waals surface area (Å²) in [6, 6.07) is 81.3. The Kier molecular flexibility index (Phi) is 8.05. The van der Waals surface area contributed by atoms with Crippen LogP contribution in [0.4, 0.5) is 17.1 Å². The molecule has 0 unspecified atom stereocenters. The van der Waals surface area contributed by atoms with Gasteiger partial charge in [0.1, 0.15) is 0 Å². The van der Waals surface area contributed by atoms with Crippen LogP contribution in [0.25, 0.3) is 65.3 Å². The van der Waals surface area contributed by atoms with Gasteiger partial charge in [-0.2, -0.15) is 0 Å². The lowest BCUT2D eigenvalue weighted by molar-refractivity contribution is 0.660. The first-order valence-electron chi connectivity index (χ1n) is 21.5. The van der Waals surface area contributed by atoms with Crippen molar-refractivity contribution >= 4 is 83.3 Å². The topological polar surface area (TPSA) is 3.24 Å². The van der Waals surface area contributed by atoms with Crippen molar-refractivity contribution in [3.63, 3.8) is 0 Å². The molecule has 0 aromatic heterocycles. The number of para-hydroxylation sites is 1. The molecule has 0 spiro atoms. The van der Waals surface area contributed by atoms with Gasteiger partial charge in [0, 0.05) is 27.4 Å². The van der Waals surface area contributed by atoms with E-state index in [4.69, 9.17) is 0 Å². The summed E-state index contributed by atoms with van der Waals surface area (Å²) in [5, 5.41) is 10.3. The highest BCUT2D eigenvalue weighted by Crippen LogP contribution is 2.53. The van der Waals surface area contributed by atoms with E-state index in [-0.39, 0.29) is 12.1 Å². The first-order valence-corrected chi connectivity index (χ1v) is 21.5. The molecule has 286 valence electrons. The molecule has 2 heteroatoms. The van der Waals surface area contributed by atoms with Crippen molar-refractivity contribution in [3.8, 4) is 22.3 Å². The minimum atomic E-state index is -0.0878. The monoisotopic (exact) mass is 775 g/mol. The van der Waals surface area contributed by atoms with Crippen molar-refractivity contribution in [2.75, 3.05) is 4.90 Å². The molecule has 0 atom stereocenters. The molecule has 0 saturated carbocycles. The van der Waals surface area contributed by atoms with Crippen molar-refractivity contribution < 1.29 is 0 Å². The molecule has 1 aliphatic rings. The van der Waals surface area contributed by atoms with Gasteiger partial charge in [0.05, 0.1) is 11.4 Å². The molecule has 0 N–H and O–H groups in total. The van der Waals surface area contributed by atoms with Gasteiger partial charge >= 0.3 is 0 Å². The predicted molar refractivity (Wildman–Crippen MR) is 263 cm³/mol. The minimum Gasteiger partial charge on any atom is -0.309 e. The predicted octanol–water partition coefficient (Wildman–Crippen LogP) is 13.7. The summed E-state index contributed by atoms with van der Waals surface area (Å²) >= 11 is 0. The normalized spacial score (nSPS) is 12.9. The summed E-state index contributed by atoms with van der Waals surface area (Å²) in [5.74, 6) is 0. The van der Waals surface area contributed by atoms with E-state index in [1.54, 1.807) is 0 Å². The third-order valence-electron chi connectivity index (χ3n) is 13.5. The Hall–Kier alpha value is -7.42. The van der Waals surface area contributed by atoms with Gasteiger partial charge in [-0.05, 0) is 84.4 Å². The first-order chi connectivity index (χ1) is 30.1. The fourth-order valence-corrected chi connectivity index (χ4v) is 10.8. The lowest BCUT2D eigenvalue weighted by atomic mass is 9.36. The number of nitrogens with zero attached hydrogens (tertiary/aromatic N) is 1. The molecule has 61 heavy (non-hydrogen) atoms. The molecule has 1 nitrogen and oxygen atoms in total. The average Bonchev–Trinajstić information content (AvgIpc) is 3.55. The molecule has 11 aromatic carbocycles. The van der Waals surface area contributed by atoms with Crippen LogP contribution in [0.3, 0.4) is 0 Å². The molecule has 1 aliphatic carbocycles. The van der Waals surface area contributed by atoms with E-state index in [1.807, 2.05) is 0 Å². The maximum atomic E-state index is 2.55. The van der Waals surface area contributed by atoms with E-state index < -0.39 is 0 Å². The summed E-state index contributed by atoms with van der Waals surface area (Å²) in [4.78, 5) is 2.55. The fourth-order valence-electron chi connectivity index (χ4n) is 10.8. The summed E-state index contributed by atoms with van der Waals surface area (Å²) < 4.78 is 0. The highest BCUT2D eigenvalue weighted by atomic mass is 15.1. The van der Waals surface area contributed by atoms with Crippen LogP contribution in [-0.2, 0) is 5.41 Å². The van der Waals surface area contributed by atoms with Gasteiger partial charge in [-0.1, -0.05) is 224 Å². The summed E-state index contributed by atoms with van der Waals surface area (Å²) in [6.45, 7) is 4.80. The van der Waals surface area contributed by atoms with Crippen LogP contribution in [-0.4, -0.2) is 6.71 Å². The Morgan fingerprint density at radius 3 is 1.70 bits per heavy atom. The summed E-state index contributed by atoms with van der Waals surface area (Å²) in [5.41, 5.74) is 15.0. The number of rotatable bonds is 7. The van der Waals surface area contributed by atoms with Crippen LogP contribution in [0, 0.1) is 0 Å². The van der Waals surface area contributed by atoms with Gasteiger partial charge in [-0.15, -0.1) is 0 Å². The van der Waals surface area contributed by atoms with Crippen molar-refractivity contribution in [2.24, 2.45) is 0 Å². The molecule has 0 fully saturated rings. The Morgan fingerprint density at radius 1 is 0.377 bits per heavy atom. The second-order valence-corrected chi connectivity index (χ2v) is 17.2. The highest BCUT2D eigenvalue weighted by Gasteiger charge is 2.36. The van der Waals surface area contributed by atoms with Crippen LogP contribution in [0.5, 0.6) is 0 Å². The Morgan fingerprint density at radius 2 is 0.951 bits per heavy atom. The van der Waals surface area contributed by atoms with Crippen molar-refractivity contribution in [3.05, 3.63) is 230 Å². The van der Waals surface area contributed by atoms with Gasteiger partial charge in [0.2, 0.25) is 6.71 Å². The van der Waals surface area contributed by atoms with Crippen molar-refractivity contribution in [1.29, 1.82) is 0 Å². The third-order valence-corrected chi connectivity index (χ3v) is 13.5. The number of anilines is 3. The molecular formula is C59H42BN. The molecule has 0 bridgehead atoms. The van der Waals surface area contributed by atoms with Gasteiger partial charge < -0.3 is 4.90 Å². The van der Waals surface area contributed by atoms with Gasteiger partial charge in [0.15, 0.2) is 0 Å². The Bertz CT molecular complexity index is 3410. The van der Waals surface area contributed by atoms with Crippen LogP contribution in [0.1, 0.15) is 25.0 Å². The van der Waals surface area contributed by atoms with Crippen LogP contribution >= 0.6 is 0 Å². The van der Waals surface area contributed by atoms with Crippen LogP contribution in [0.2, 0.25) is 0 Å². The zero-order valence-corrected chi connectivity index (χ0v) is 34.3. The van der Waals surface area contributed by atoms with Gasteiger partial charge in [-0.3, -0.25) is 0 Å². The summed E-state index contributed by atoms with van der Waals surface area (Å²) in [7, 11) is 0. The maximum Gasteiger partial charge on any atom is 0.241 e. The lowest BCUT2D eigenvalue weighted by Gasteiger charge is -2.31. The van der Waals surface area contributed by atoms with Crippen molar-refractivity contribution in [1.82, 2.24) is 0 Å². The Labute approximate surface area is 357 Å². The second-order valence-electron chi connectivity index (χ2n) is 17.2. The van der Waals surface area contributed by atoms with E-state index in [0.717, 1.165) is 11.4 Å². The van der Waals surface area contributed by atoms with E-state index in [0.29, 0.717) is 0 Å². The average molecular weight is 776 g/mol. The quantitative estimate of drug-likeness (QED) is 0.0885. The van der Waals surface area contributed by atoms with Gasteiger partial charge in [0.25, 0.3) is 0 Å². The second kappa shape index (κ2) is 13.8. The third kappa shape index (κ3) is 5.42. The number of benzene rings is 11. The largest absolute Gasteiger partial charge is 0.309 e. The van der Waals surface area contributed by atoms with E-state index in [9.17, 15) is 0 Å². The Balaban J connectivity index is 1.20. The number of hydrogen-bond donors (Lipinski definition) is 0. The molecule has 11 aromatic rings. The van der Waals surface area contributed by atoms with Crippen LogP contribution in [0.15, 0.2) is 218 Å². The number of hydrogen-bond acceptors (Lipinski definition) is 1. The smallest absolute Gasteiger partial charge is 0.241 e. The zero-order chi connectivity index (χ0) is 40.7. The van der Waals surface area contributed by atoms with Gasteiger partial charge in [-0.25, -0.2) is 0 Å². The first kappa shape index (κ1) is 35.5. The molecule has 12 rings (SSSR count).